The lowest BCUT2D eigenvalue weighted by atomic mass is 10.0. The van der Waals surface area contributed by atoms with Gasteiger partial charge in [0.15, 0.2) is 17.3 Å². The van der Waals surface area contributed by atoms with Gasteiger partial charge in [-0.15, -0.1) is 0 Å². The fourth-order valence-corrected chi connectivity index (χ4v) is 3.51. The monoisotopic (exact) mass is 358 g/mol. The second-order valence-corrected chi connectivity index (χ2v) is 6.69. The van der Waals surface area contributed by atoms with E-state index in [0.717, 1.165) is 34.4 Å². The summed E-state index contributed by atoms with van der Waals surface area (Å²) in [7, 11) is 0. The molecule has 0 saturated heterocycles. The van der Waals surface area contributed by atoms with E-state index in [4.69, 9.17) is 9.47 Å². The van der Waals surface area contributed by atoms with Crippen molar-refractivity contribution < 1.29 is 14.3 Å². The van der Waals surface area contributed by atoms with Gasteiger partial charge in [0.05, 0.1) is 0 Å². The molecule has 2 aliphatic rings. The van der Waals surface area contributed by atoms with E-state index in [1.807, 2.05) is 36.4 Å². The number of ketones is 1. The molecule has 4 rings (SSSR count). The van der Waals surface area contributed by atoms with Crippen LogP contribution in [0.5, 0.6) is 11.5 Å². The molecule has 1 heterocycles. The number of ether oxygens (including phenoxy) is 2. The van der Waals surface area contributed by atoms with Crippen LogP contribution in [0.25, 0.3) is 0 Å². The lowest BCUT2D eigenvalue weighted by Crippen LogP contribution is -2.05. The number of benzene rings is 2. The highest BCUT2D eigenvalue weighted by Crippen LogP contribution is 2.45. The van der Waals surface area contributed by atoms with Crippen molar-refractivity contribution in [1.29, 1.82) is 0 Å². The summed E-state index contributed by atoms with van der Waals surface area (Å²) in [4.78, 5) is 12.5. The quantitative estimate of drug-likeness (QED) is 0.766. The molecule has 1 saturated carbocycles. The lowest BCUT2D eigenvalue weighted by molar-refractivity contribution is 0.0960. The SMILES string of the molecule is O=C(c1ccccc1Br)C1CC1Cc1ccc2c(c1)OCO2. The Balaban J connectivity index is 1.44. The maximum atomic E-state index is 12.5. The summed E-state index contributed by atoms with van der Waals surface area (Å²) in [6, 6.07) is 13.7. The van der Waals surface area contributed by atoms with Crippen molar-refractivity contribution in [2.24, 2.45) is 11.8 Å². The summed E-state index contributed by atoms with van der Waals surface area (Å²) in [5.41, 5.74) is 2.00. The molecule has 2 atom stereocenters. The van der Waals surface area contributed by atoms with Gasteiger partial charge >= 0.3 is 0 Å². The van der Waals surface area contributed by atoms with Gasteiger partial charge in [0.25, 0.3) is 0 Å². The van der Waals surface area contributed by atoms with Crippen LogP contribution < -0.4 is 9.47 Å². The van der Waals surface area contributed by atoms with Crippen LogP contribution in [-0.2, 0) is 6.42 Å². The van der Waals surface area contributed by atoms with Crippen molar-refractivity contribution >= 4 is 21.7 Å². The summed E-state index contributed by atoms with van der Waals surface area (Å²) < 4.78 is 11.6. The highest BCUT2D eigenvalue weighted by atomic mass is 79.9. The van der Waals surface area contributed by atoms with Crippen LogP contribution in [0.15, 0.2) is 46.9 Å². The zero-order valence-electron chi connectivity index (χ0n) is 11.9. The number of carbonyl (C=O) groups is 1. The Kier molecular flexibility index (Phi) is 3.41. The molecule has 0 N–H and O–H groups in total. The van der Waals surface area contributed by atoms with Crippen molar-refractivity contribution in [2.75, 3.05) is 6.79 Å². The molecule has 0 amide bonds. The Morgan fingerprint density at radius 1 is 1.14 bits per heavy atom. The highest BCUT2D eigenvalue weighted by Gasteiger charge is 2.43. The third kappa shape index (κ3) is 2.52. The number of Topliss-reactive ketones (excluding diaryl/α,β-unsaturated/α-hetero) is 1. The van der Waals surface area contributed by atoms with Crippen molar-refractivity contribution in [3.8, 4) is 11.5 Å². The predicted octanol–water partition coefficient (Wildman–Crippen LogP) is 4.24. The standard InChI is InChI=1S/C18H15BrO3/c19-15-4-2-1-3-13(15)18(20)14-9-12(14)7-11-5-6-16-17(8-11)22-10-21-16/h1-6,8,12,14H,7,9-10H2. The fraction of sp³-hybridized carbons (Fsp3) is 0.278. The smallest absolute Gasteiger partial charge is 0.231 e. The normalized spacial score (nSPS) is 21.7. The van der Waals surface area contributed by atoms with Crippen LogP contribution in [0.4, 0.5) is 0 Å². The van der Waals surface area contributed by atoms with Gasteiger partial charge in [-0.1, -0.05) is 40.2 Å². The van der Waals surface area contributed by atoms with Gasteiger partial charge < -0.3 is 9.47 Å². The summed E-state index contributed by atoms with van der Waals surface area (Å²) in [5, 5.41) is 0. The average Bonchev–Trinajstić information content (AvgIpc) is 3.12. The van der Waals surface area contributed by atoms with E-state index in [2.05, 4.69) is 22.0 Å². The zero-order chi connectivity index (χ0) is 15.1. The molecule has 0 spiro atoms. The van der Waals surface area contributed by atoms with E-state index < -0.39 is 0 Å². The average molecular weight is 359 g/mol. The van der Waals surface area contributed by atoms with Gasteiger partial charge in [-0.05, 0) is 42.5 Å². The number of fused-ring (bicyclic) bond motifs is 1. The number of halogens is 1. The van der Waals surface area contributed by atoms with E-state index in [9.17, 15) is 4.79 Å². The molecular formula is C18H15BrO3. The minimum atomic E-state index is 0.143. The molecule has 2 unspecified atom stereocenters. The summed E-state index contributed by atoms with van der Waals surface area (Å²) in [5.74, 6) is 2.44. The molecular weight excluding hydrogens is 344 g/mol. The molecule has 1 aliphatic carbocycles. The molecule has 2 aromatic rings. The van der Waals surface area contributed by atoms with E-state index in [0.29, 0.717) is 12.7 Å². The van der Waals surface area contributed by atoms with Crippen LogP contribution in [0.1, 0.15) is 22.3 Å². The minimum absolute atomic E-state index is 0.143. The van der Waals surface area contributed by atoms with Crippen molar-refractivity contribution in [1.82, 2.24) is 0 Å². The van der Waals surface area contributed by atoms with Crippen molar-refractivity contribution in [3.63, 3.8) is 0 Å². The molecule has 4 heteroatoms. The minimum Gasteiger partial charge on any atom is -0.454 e. The highest BCUT2D eigenvalue weighted by molar-refractivity contribution is 9.10. The molecule has 1 fully saturated rings. The van der Waals surface area contributed by atoms with E-state index in [1.165, 1.54) is 5.56 Å². The van der Waals surface area contributed by atoms with E-state index in [1.54, 1.807) is 0 Å². The topological polar surface area (TPSA) is 35.5 Å². The van der Waals surface area contributed by atoms with E-state index >= 15 is 0 Å². The summed E-state index contributed by atoms with van der Waals surface area (Å²) >= 11 is 3.46. The van der Waals surface area contributed by atoms with Crippen LogP contribution >= 0.6 is 15.9 Å². The molecule has 2 aromatic carbocycles. The second-order valence-electron chi connectivity index (χ2n) is 5.84. The Labute approximate surface area is 137 Å². The molecule has 1 aliphatic heterocycles. The van der Waals surface area contributed by atoms with Crippen molar-refractivity contribution in [3.05, 3.63) is 58.1 Å². The Hall–Kier alpha value is -1.81. The van der Waals surface area contributed by atoms with Gasteiger partial charge in [0.1, 0.15) is 0 Å². The van der Waals surface area contributed by atoms with Gasteiger partial charge in [0.2, 0.25) is 6.79 Å². The maximum absolute atomic E-state index is 12.5. The van der Waals surface area contributed by atoms with E-state index in [-0.39, 0.29) is 11.7 Å². The molecule has 0 radical (unpaired) electrons. The van der Waals surface area contributed by atoms with Crippen LogP contribution in [0.2, 0.25) is 0 Å². The van der Waals surface area contributed by atoms with Gasteiger partial charge in [-0.3, -0.25) is 4.79 Å². The summed E-state index contributed by atoms with van der Waals surface area (Å²) in [6.45, 7) is 0.297. The molecule has 22 heavy (non-hydrogen) atoms. The van der Waals surface area contributed by atoms with Gasteiger partial charge in [0, 0.05) is 16.0 Å². The predicted molar refractivity (Wildman–Crippen MR) is 86.3 cm³/mol. The number of rotatable bonds is 4. The first kappa shape index (κ1) is 13.8. The first-order chi connectivity index (χ1) is 10.7. The largest absolute Gasteiger partial charge is 0.454 e. The Morgan fingerprint density at radius 2 is 1.95 bits per heavy atom. The van der Waals surface area contributed by atoms with Crippen molar-refractivity contribution in [2.45, 2.75) is 12.8 Å². The van der Waals surface area contributed by atoms with Crippen LogP contribution in [0.3, 0.4) is 0 Å². The second kappa shape index (κ2) is 5.43. The zero-order valence-corrected chi connectivity index (χ0v) is 13.5. The lowest BCUT2D eigenvalue weighted by Gasteiger charge is -2.04. The third-order valence-electron chi connectivity index (χ3n) is 4.33. The number of hydrogen-bond donors (Lipinski definition) is 0. The fourth-order valence-electron chi connectivity index (χ4n) is 3.03. The Morgan fingerprint density at radius 3 is 2.82 bits per heavy atom. The number of carbonyl (C=O) groups excluding carboxylic acids is 1. The van der Waals surface area contributed by atoms with Crippen LogP contribution in [0, 0.1) is 11.8 Å². The Bertz CT molecular complexity index is 741. The van der Waals surface area contributed by atoms with Gasteiger partial charge in [-0.2, -0.15) is 0 Å². The molecule has 0 aromatic heterocycles. The first-order valence-electron chi connectivity index (χ1n) is 7.39. The molecule has 112 valence electrons. The van der Waals surface area contributed by atoms with Gasteiger partial charge in [-0.25, -0.2) is 0 Å². The maximum Gasteiger partial charge on any atom is 0.231 e. The summed E-state index contributed by atoms with van der Waals surface area (Å²) in [6.07, 6.45) is 1.88. The molecule has 3 nitrogen and oxygen atoms in total. The number of hydrogen-bond acceptors (Lipinski definition) is 3. The molecule has 0 bridgehead atoms. The first-order valence-corrected chi connectivity index (χ1v) is 8.19. The third-order valence-corrected chi connectivity index (χ3v) is 5.03. The van der Waals surface area contributed by atoms with Crippen LogP contribution in [-0.4, -0.2) is 12.6 Å².